The lowest BCUT2D eigenvalue weighted by atomic mass is 9.98. The van der Waals surface area contributed by atoms with E-state index >= 15 is 0 Å². The van der Waals surface area contributed by atoms with Crippen molar-refractivity contribution in [3.05, 3.63) is 70.9 Å². The Labute approximate surface area is 129 Å². The van der Waals surface area contributed by atoms with Crippen LogP contribution in [0.3, 0.4) is 0 Å². The normalized spacial score (nSPS) is 13.8. The molecule has 0 saturated carbocycles. The average Bonchev–Trinajstić information content (AvgIpc) is 2.54. The Morgan fingerprint density at radius 2 is 1.82 bits per heavy atom. The highest BCUT2D eigenvalue weighted by Gasteiger charge is 2.31. The predicted molar refractivity (Wildman–Crippen MR) is 85.4 cm³/mol. The fourth-order valence-corrected chi connectivity index (χ4v) is 2.77. The quantitative estimate of drug-likeness (QED) is 0.863. The molecule has 0 unspecified atom stereocenters. The van der Waals surface area contributed by atoms with E-state index in [1.807, 2.05) is 55.5 Å². The van der Waals surface area contributed by atoms with E-state index in [0.717, 1.165) is 16.8 Å². The highest BCUT2D eigenvalue weighted by atomic mass is 16.5. The molecule has 2 aromatic carbocycles. The van der Waals surface area contributed by atoms with Crippen molar-refractivity contribution < 1.29 is 14.6 Å². The molecule has 0 aromatic heterocycles. The number of carbonyl (C=O) groups excluding carboxylic acids is 1. The van der Waals surface area contributed by atoms with Crippen LogP contribution in [-0.4, -0.2) is 18.2 Å². The maximum Gasteiger partial charge on any atom is 0.358 e. The van der Waals surface area contributed by atoms with Crippen LogP contribution >= 0.6 is 0 Å². The number of methoxy groups -OCH3 is 1. The van der Waals surface area contributed by atoms with E-state index in [4.69, 9.17) is 4.74 Å². The minimum atomic E-state index is -0.546. The second-order valence-corrected chi connectivity index (χ2v) is 5.22. The molecule has 0 saturated heterocycles. The lowest BCUT2D eigenvalue weighted by Gasteiger charge is -2.32. The zero-order valence-corrected chi connectivity index (χ0v) is 12.5. The number of anilines is 1. The fraction of sp³-hybridized carbons (Fsp3) is 0.167. The molecule has 1 N–H and O–H groups in total. The van der Waals surface area contributed by atoms with Gasteiger partial charge in [0, 0.05) is 17.8 Å². The first kappa shape index (κ1) is 14.2. The fourth-order valence-electron chi connectivity index (χ4n) is 2.77. The van der Waals surface area contributed by atoms with Crippen LogP contribution in [0.15, 0.2) is 54.2 Å². The van der Waals surface area contributed by atoms with Crippen molar-refractivity contribution in [2.75, 3.05) is 12.0 Å². The average molecular weight is 295 g/mol. The first-order chi connectivity index (χ1) is 10.6. The molecule has 22 heavy (non-hydrogen) atoms. The summed E-state index contributed by atoms with van der Waals surface area (Å²) in [5, 5.41) is 10.6. The topological polar surface area (TPSA) is 49.8 Å². The molecule has 0 amide bonds. The van der Waals surface area contributed by atoms with Crippen molar-refractivity contribution in [3.63, 3.8) is 0 Å². The van der Waals surface area contributed by atoms with Gasteiger partial charge in [-0.1, -0.05) is 42.5 Å². The van der Waals surface area contributed by atoms with Crippen LogP contribution in [0.25, 0.3) is 5.76 Å². The molecule has 112 valence electrons. The Hall–Kier alpha value is -2.75. The summed E-state index contributed by atoms with van der Waals surface area (Å²) in [5.74, 6) is -0.591. The van der Waals surface area contributed by atoms with E-state index in [9.17, 15) is 9.90 Å². The number of ether oxygens (including phenoxy) is 1. The molecule has 1 aliphatic rings. The number of aryl methyl sites for hydroxylation is 1. The highest BCUT2D eigenvalue weighted by Crippen LogP contribution is 2.35. The Bertz CT molecular complexity index is 764. The standard InChI is InChI=1S/C18H17NO3/c1-12-7-3-6-10-15(12)19-11-13-8-4-5-9-14(13)17(20)16(19)18(21)22-2/h3-10,20H,11H2,1-2H3. The monoisotopic (exact) mass is 295 g/mol. The zero-order chi connectivity index (χ0) is 15.7. The minimum Gasteiger partial charge on any atom is -0.505 e. The summed E-state index contributed by atoms with van der Waals surface area (Å²) in [6, 6.07) is 15.3. The van der Waals surface area contributed by atoms with Crippen molar-refractivity contribution in [1.82, 2.24) is 0 Å². The number of fused-ring (bicyclic) bond motifs is 1. The minimum absolute atomic E-state index is 0.0445. The second-order valence-electron chi connectivity index (χ2n) is 5.22. The van der Waals surface area contributed by atoms with Gasteiger partial charge in [0.15, 0.2) is 11.5 Å². The maximum absolute atomic E-state index is 12.2. The van der Waals surface area contributed by atoms with Gasteiger partial charge in [0.2, 0.25) is 0 Å². The summed E-state index contributed by atoms with van der Waals surface area (Å²) in [5.41, 5.74) is 3.72. The van der Waals surface area contributed by atoms with Crippen LogP contribution in [0.4, 0.5) is 5.69 Å². The van der Waals surface area contributed by atoms with Gasteiger partial charge in [0.1, 0.15) is 0 Å². The van der Waals surface area contributed by atoms with Crippen molar-refractivity contribution in [1.29, 1.82) is 0 Å². The number of aliphatic hydroxyl groups excluding tert-OH is 1. The Morgan fingerprint density at radius 1 is 1.14 bits per heavy atom. The van der Waals surface area contributed by atoms with Crippen LogP contribution in [0.1, 0.15) is 16.7 Å². The van der Waals surface area contributed by atoms with Crippen LogP contribution in [0.5, 0.6) is 0 Å². The van der Waals surface area contributed by atoms with E-state index in [1.54, 1.807) is 4.90 Å². The summed E-state index contributed by atoms with van der Waals surface area (Å²) in [7, 11) is 1.32. The summed E-state index contributed by atoms with van der Waals surface area (Å²) in [4.78, 5) is 14.0. The van der Waals surface area contributed by atoms with Crippen molar-refractivity contribution in [3.8, 4) is 0 Å². The lowest BCUT2D eigenvalue weighted by Crippen LogP contribution is -2.33. The number of benzene rings is 2. The molecule has 0 atom stereocenters. The Balaban J connectivity index is 2.21. The molecule has 4 nitrogen and oxygen atoms in total. The molecule has 1 aliphatic heterocycles. The molecule has 0 spiro atoms. The first-order valence-corrected chi connectivity index (χ1v) is 7.06. The number of para-hydroxylation sites is 1. The number of aliphatic hydroxyl groups is 1. The van der Waals surface area contributed by atoms with Gasteiger partial charge in [0.25, 0.3) is 0 Å². The van der Waals surface area contributed by atoms with Crippen molar-refractivity contribution >= 4 is 17.4 Å². The Kier molecular flexibility index (Phi) is 3.59. The number of nitrogens with zero attached hydrogens (tertiary/aromatic N) is 1. The molecule has 1 heterocycles. The maximum atomic E-state index is 12.2. The molecular weight excluding hydrogens is 278 g/mol. The summed E-state index contributed by atoms with van der Waals surface area (Å²) in [6.45, 7) is 2.48. The largest absolute Gasteiger partial charge is 0.505 e. The summed E-state index contributed by atoms with van der Waals surface area (Å²) < 4.78 is 4.87. The Morgan fingerprint density at radius 3 is 2.55 bits per heavy atom. The summed E-state index contributed by atoms with van der Waals surface area (Å²) >= 11 is 0. The van der Waals surface area contributed by atoms with E-state index in [-0.39, 0.29) is 11.5 Å². The van der Waals surface area contributed by atoms with Gasteiger partial charge >= 0.3 is 5.97 Å². The predicted octanol–water partition coefficient (Wildman–Crippen LogP) is 3.41. The SMILES string of the molecule is COC(=O)C1=C(O)c2ccccc2CN1c1ccccc1C. The third-order valence-electron chi connectivity index (χ3n) is 3.88. The van der Waals surface area contributed by atoms with Gasteiger partial charge < -0.3 is 14.7 Å². The van der Waals surface area contributed by atoms with E-state index in [1.165, 1.54) is 7.11 Å². The van der Waals surface area contributed by atoms with Crippen LogP contribution in [-0.2, 0) is 16.1 Å². The molecule has 0 aliphatic carbocycles. The number of carbonyl (C=O) groups is 1. The lowest BCUT2D eigenvalue weighted by molar-refractivity contribution is -0.136. The first-order valence-electron chi connectivity index (χ1n) is 7.06. The van der Waals surface area contributed by atoms with Gasteiger partial charge in [0.05, 0.1) is 7.11 Å². The highest BCUT2D eigenvalue weighted by molar-refractivity contribution is 6.01. The van der Waals surface area contributed by atoms with Gasteiger partial charge in [-0.2, -0.15) is 0 Å². The van der Waals surface area contributed by atoms with Gasteiger partial charge in [-0.25, -0.2) is 4.79 Å². The molecule has 0 radical (unpaired) electrons. The van der Waals surface area contributed by atoms with Crippen LogP contribution < -0.4 is 4.90 Å². The van der Waals surface area contributed by atoms with Crippen LogP contribution in [0.2, 0.25) is 0 Å². The molecule has 2 aromatic rings. The van der Waals surface area contributed by atoms with Crippen LogP contribution in [0, 0.1) is 6.92 Å². The van der Waals surface area contributed by atoms with Crippen molar-refractivity contribution in [2.45, 2.75) is 13.5 Å². The number of esters is 1. The molecule has 0 bridgehead atoms. The van der Waals surface area contributed by atoms with E-state index in [0.29, 0.717) is 12.1 Å². The molecular formula is C18H17NO3. The van der Waals surface area contributed by atoms with E-state index in [2.05, 4.69) is 0 Å². The summed E-state index contributed by atoms with van der Waals surface area (Å²) in [6.07, 6.45) is 0. The zero-order valence-electron chi connectivity index (χ0n) is 12.5. The van der Waals surface area contributed by atoms with Gasteiger partial charge in [-0.05, 0) is 24.1 Å². The van der Waals surface area contributed by atoms with Crippen molar-refractivity contribution in [2.24, 2.45) is 0 Å². The van der Waals surface area contributed by atoms with E-state index < -0.39 is 5.97 Å². The third kappa shape index (κ3) is 2.22. The number of hydrogen-bond donors (Lipinski definition) is 1. The smallest absolute Gasteiger partial charge is 0.358 e. The molecule has 4 heteroatoms. The van der Waals surface area contributed by atoms with Gasteiger partial charge in [-0.15, -0.1) is 0 Å². The second kappa shape index (κ2) is 5.56. The third-order valence-corrected chi connectivity index (χ3v) is 3.88. The molecule has 3 rings (SSSR count). The number of hydrogen-bond acceptors (Lipinski definition) is 4. The van der Waals surface area contributed by atoms with Gasteiger partial charge in [-0.3, -0.25) is 0 Å². The number of rotatable bonds is 2. The molecule has 0 fully saturated rings.